The molecule has 0 aliphatic carbocycles. The van der Waals surface area contributed by atoms with Crippen LogP contribution in [0.4, 0.5) is 0 Å². The lowest BCUT2D eigenvalue weighted by molar-refractivity contribution is -0.141. The minimum absolute atomic E-state index is 0.0763. The first kappa shape index (κ1) is 19.6. The van der Waals surface area contributed by atoms with Crippen LogP contribution < -0.4 is 16.4 Å². The highest BCUT2D eigenvalue weighted by Crippen LogP contribution is 2.19. The summed E-state index contributed by atoms with van der Waals surface area (Å²) in [4.78, 5) is 48.6. The van der Waals surface area contributed by atoms with Crippen molar-refractivity contribution in [2.75, 3.05) is 18.1 Å². The molecule has 130 valence electrons. The zero-order chi connectivity index (χ0) is 17.6. The predicted molar refractivity (Wildman–Crippen MR) is 91.2 cm³/mol. The lowest BCUT2D eigenvalue weighted by atomic mass is 10.1. The van der Waals surface area contributed by atoms with Gasteiger partial charge < -0.3 is 21.3 Å². The first-order valence-electron chi connectivity index (χ1n) is 7.20. The van der Waals surface area contributed by atoms with Gasteiger partial charge in [0, 0.05) is 25.0 Å². The molecule has 0 saturated carbocycles. The molecule has 0 aromatic rings. The molecule has 0 aromatic heterocycles. The number of nitrogens with one attached hydrogen (secondary N) is 2. The lowest BCUT2D eigenvalue weighted by Crippen LogP contribution is -2.56. The SMILES string of the molecule is CC(=O)N[C@@H](CS)C(=O)N1CCC[C@H]1C(=O)N[C@@H](CS)C(N)=O. The van der Waals surface area contributed by atoms with Crippen LogP contribution >= 0.6 is 25.3 Å². The van der Waals surface area contributed by atoms with Crippen LogP contribution in [0.2, 0.25) is 0 Å². The monoisotopic (exact) mass is 362 g/mol. The molecular weight excluding hydrogens is 340 g/mol. The Hall–Kier alpha value is -1.42. The number of hydrogen-bond donors (Lipinski definition) is 5. The molecular formula is C13H22N4O4S2. The number of thiol groups is 2. The zero-order valence-corrected chi connectivity index (χ0v) is 14.6. The van der Waals surface area contributed by atoms with Gasteiger partial charge in [-0.25, -0.2) is 0 Å². The standard InChI is InChI=1S/C13H22N4O4S2/c1-7(18)15-9(6-23)13(21)17-4-2-3-10(17)12(20)16-8(5-22)11(14)19/h8-10,22-23H,2-6H2,1H3,(H2,14,19)(H,15,18)(H,16,20)/t8-,9-,10-/m0/s1. The van der Waals surface area contributed by atoms with Gasteiger partial charge in [0.05, 0.1) is 0 Å². The maximum absolute atomic E-state index is 12.5. The Morgan fingerprint density at radius 2 is 1.78 bits per heavy atom. The molecule has 10 heteroatoms. The van der Waals surface area contributed by atoms with E-state index in [1.54, 1.807) is 0 Å². The topological polar surface area (TPSA) is 122 Å². The second-order valence-electron chi connectivity index (χ2n) is 5.27. The number of carbonyl (C=O) groups is 4. The average molecular weight is 362 g/mol. The lowest BCUT2D eigenvalue weighted by Gasteiger charge is -2.28. The van der Waals surface area contributed by atoms with E-state index in [-0.39, 0.29) is 23.3 Å². The molecule has 1 aliphatic heterocycles. The first-order chi connectivity index (χ1) is 10.8. The molecule has 0 unspecified atom stereocenters. The van der Waals surface area contributed by atoms with Crippen molar-refractivity contribution < 1.29 is 19.2 Å². The maximum atomic E-state index is 12.5. The van der Waals surface area contributed by atoms with E-state index in [0.717, 1.165) is 0 Å². The van der Waals surface area contributed by atoms with E-state index in [0.29, 0.717) is 19.4 Å². The van der Waals surface area contributed by atoms with Gasteiger partial charge in [0.15, 0.2) is 0 Å². The molecule has 1 saturated heterocycles. The van der Waals surface area contributed by atoms with Crippen LogP contribution in [0.1, 0.15) is 19.8 Å². The van der Waals surface area contributed by atoms with Gasteiger partial charge in [-0.3, -0.25) is 19.2 Å². The molecule has 1 fully saturated rings. The van der Waals surface area contributed by atoms with Gasteiger partial charge in [0.1, 0.15) is 18.1 Å². The van der Waals surface area contributed by atoms with Gasteiger partial charge in [0.2, 0.25) is 23.6 Å². The summed E-state index contributed by atoms with van der Waals surface area (Å²) in [6, 6.07) is -2.37. The molecule has 0 aromatic carbocycles. The van der Waals surface area contributed by atoms with E-state index in [1.165, 1.54) is 11.8 Å². The van der Waals surface area contributed by atoms with Crippen molar-refractivity contribution in [2.24, 2.45) is 5.73 Å². The van der Waals surface area contributed by atoms with E-state index in [4.69, 9.17) is 5.73 Å². The molecule has 0 spiro atoms. The van der Waals surface area contributed by atoms with Crippen molar-refractivity contribution >= 4 is 48.9 Å². The Labute approximate surface area is 145 Å². The van der Waals surface area contributed by atoms with Crippen molar-refractivity contribution in [1.82, 2.24) is 15.5 Å². The minimum atomic E-state index is -0.889. The van der Waals surface area contributed by atoms with Crippen molar-refractivity contribution in [3.05, 3.63) is 0 Å². The second-order valence-corrected chi connectivity index (χ2v) is 6.00. The van der Waals surface area contributed by atoms with Crippen molar-refractivity contribution in [1.29, 1.82) is 0 Å². The van der Waals surface area contributed by atoms with Crippen LogP contribution in [0.5, 0.6) is 0 Å². The Balaban J connectivity index is 2.79. The van der Waals surface area contributed by atoms with E-state index < -0.39 is 29.9 Å². The summed E-state index contributed by atoms with van der Waals surface area (Å²) in [7, 11) is 0. The summed E-state index contributed by atoms with van der Waals surface area (Å²) >= 11 is 8.03. The van der Waals surface area contributed by atoms with Gasteiger partial charge >= 0.3 is 0 Å². The van der Waals surface area contributed by atoms with Gasteiger partial charge in [-0.1, -0.05) is 0 Å². The number of hydrogen-bond acceptors (Lipinski definition) is 6. The number of rotatable bonds is 7. The molecule has 1 rings (SSSR count). The number of likely N-dealkylation sites (tertiary alicyclic amines) is 1. The Morgan fingerprint density at radius 3 is 2.26 bits per heavy atom. The second kappa shape index (κ2) is 9.02. The average Bonchev–Trinajstić information content (AvgIpc) is 2.98. The summed E-state index contributed by atoms with van der Waals surface area (Å²) in [6.07, 6.45) is 1.14. The van der Waals surface area contributed by atoms with Gasteiger partial charge in [-0.05, 0) is 12.8 Å². The van der Waals surface area contributed by atoms with Crippen LogP contribution in [0.15, 0.2) is 0 Å². The quantitative estimate of drug-likeness (QED) is 0.347. The Morgan fingerprint density at radius 1 is 1.17 bits per heavy atom. The highest BCUT2D eigenvalue weighted by molar-refractivity contribution is 7.80. The molecule has 3 atom stereocenters. The van der Waals surface area contributed by atoms with Crippen LogP contribution in [-0.4, -0.2) is 64.7 Å². The van der Waals surface area contributed by atoms with Crippen molar-refractivity contribution in [3.63, 3.8) is 0 Å². The minimum Gasteiger partial charge on any atom is -0.368 e. The Kier molecular flexibility index (Phi) is 7.69. The number of carbonyl (C=O) groups excluding carboxylic acids is 4. The van der Waals surface area contributed by atoms with E-state index in [9.17, 15) is 19.2 Å². The molecule has 8 nitrogen and oxygen atoms in total. The molecule has 1 aliphatic rings. The van der Waals surface area contributed by atoms with Gasteiger partial charge in [0.25, 0.3) is 0 Å². The number of nitrogens with two attached hydrogens (primary N) is 1. The van der Waals surface area contributed by atoms with Crippen LogP contribution in [0, 0.1) is 0 Å². The number of nitrogens with zero attached hydrogens (tertiary/aromatic N) is 1. The maximum Gasteiger partial charge on any atom is 0.246 e. The van der Waals surface area contributed by atoms with Crippen LogP contribution in [-0.2, 0) is 19.2 Å². The van der Waals surface area contributed by atoms with Crippen LogP contribution in [0.3, 0.4) is 0 Å². The largest absolute Gasteiger partial charge is 0.368 e. The summed E-state index contributed by atoms with van der Waals surface area (Å²) in [5, 5.41) is 5.01. The fourth-order valence-corrected chi connectivity index (χ4v) is 2.93. The highest BCUT2D eigenvalue weighted by Gasteiger charge is 2.37. The third-order valence-electron chi connectivity index (χ3n) is 3.54. The van der Waals surface area contributed by atoms with E-state index in [2.05, 4.69) is 35.9 Å². The fourth-order valence-electron chi connectivity index (χ4n) is 2.41. The fraction of sp³-hybridized carbons (Fsp3) is 0.692. The summed E-state index contributed by atoms with van der Waals surface area (Å²) in [6.45, 7) is 1.71. The van der Waals surface area contributed by atoms with Crippen molar-refractivity contribution in [2.45, 2.75) is 37.9 Å². The van der Waals surface area contributed by atoms with E-state index in [1.807, 2.05) is 0 Å². The number of primary amides is 1. The molecule has 0 radical (unpaired) electrons. The molecule has 1 heterocycles. The predicted octanol–water partition coefficient (Wildman–Crippen LogP) is -1.69. The van der Waals surface area contributed by atoms with E-state index >= 15 is 0 Å². The normalized spacial score (nSPS) is 19.8. The summed E-state index contributed by atoms with van der Waals surface area (Å²) in [5.74, 6) is -1.64. The molecule has 4 amide bonds. The smallest absolute Gasteiger partial charge is 0.246 e. The zero-order valence-electron chi connectivity index (χ0n) is 12.8. The van der Waals surface area contributed by atoms with Gasteiger partial charge in [-0.15, -0.1) is 0 Å². The van der Waals surface area contributed by atoms with Crippen LogP contribution in [0.25, 0.3) is 0 Å². The third kappa shape index (κ3) is 5.31. The van der Waals surface area contributed by atoms with Crippen molar-refractivity contribution in [3.8, 4) is 0 Å². The number of amides is 4. The first-order valence-corrected chi connectivity index (χ1v) is 8.47. The molecule has 4 N–H and O–H groups in total. The highest BCUT2D eigenvalue weighted by atomic mass is 32.1. The Bertz CT molecular complexity index is 489. The molecule has 23 heavy (non-hydrogen) atoms. The third-order valence-corrected chi connectivity index (χ3v) is 4.27. The molecule has 0 bridgehead atoms. The summed E-state index contributed by atoms with van der Waals surface area (Å²) < 4.78 is 0. The summed E-state index contributed by atoms with van der Waals surface area (Å²) in [5.41, 5.74) is 5.17. The van der Waals surface area contributed by atoms with Gasteiger partial charge in [-0.2, -0.15) is 25.3 Å².